The van der Waals surface area contributed by atoms with Gasteiger partial charge in [-0.1, -0.05) is 0 Å². The number of fused-ring (bicyclic) bond motifs is 1. The first-order valence-electron chi connectivity index (χ1n) is 10.9. The van der Waals surface area contributed by atoms with Crippen molar-refractivity contribution < 1.29 is 13.5 Å². The van der Waals surface area contributed by atoms with Gasteiger partial charge in [0.15, 0.2) is 0 Å². The van der Waals surface area contributed by atoms with Crippen LogP contribution in [0.4, 0.5) is 14.6 Å². The van der Waals surface area contributed by atoms with E-state index in [1.54, 1.807) is 26.2 Å². The molecule has 34 heavy (non-hydrogen) atoms. The van der Waals surface area contributed by atoms with Crippen molar-refractivity contribution in [2.45, 2.75) is 20.0 Å². The normalized spacial score (nSPS) is 16.3. The van der Waals surface area contributed by atoms with Crippen molar-refractivity contribution in [2.75, 3.05) is 24.6 Å². The number of aromatic nitrogens is 4. The standard InChI is InChI=1S/C25H23F2N5O2/c1-14-10-16(6-7-28-14)21-13-32(8-9-34-21)22-12-19-24(29-15(2)31(3)25(19)33)23(30-22)18-5-4-17(26)11-20(18)27/h4-7,10-12,21H,8-9,13H2,1-3H3/t21-/m1/s1. The molecule has 1 atom stereocenters. The minimum Gasteiger partial charge on any atom is -0.370 e. The minimum atomic E-state index is -0.766. The van der Waals surface area contributed by atoms with Crippen molar-refractivity contribution in [1.29, 1.82) is 0 Å². The molecule has 0 unspecified atom stereocenters. The van der Waals surface area contributed by atoms with Gasteiger partial charge in [0.1, 0.15) is 40.6 Å². The Morgan fingerprint density at radius 2 is 1.91 bits per heavy atom. The van der Waals surface area contributed by atoms with Crippen molar-refractivity contribution >= 4 is 16.7 Å². The molecule has 3 aromatic heterocycles. The predicted molar refractivity (Wildman–Crippen MR) is 125 cm³/mol. The number of hydrogen-bond acceptors (Lipinski definition) is 6. The predicted octanol–water partition coefficient (Wildman–Crippen LogP) is 3.86. The molecule has 0 spiro atoms. The summed E-state index contributed by atoms with van der Waals surface area (Å²) < 4.78 is 35.8. The van der Waals surface area contributed by atoms with Crippen molar-refractivity contribution in [1.82, 2.24) is 19.5 Å². The topological polar surface area (TPSA) is 73.1 Å². The third kappa shape index (κ3) is 3.92. The van der Waals surface area contributed by atoms with Crippen molar-refractivity contribution in [2.24, 2.45) is 7.05 Å². The van der Waals surface area contributed by atoms with Crippen LogP contribution in [0.1, 0.15) is 23.2 Å². The Balaban J connectivity index is 1.66. The van der Waals surface area contributed by atoms with Crippen molar-refractivity contribution in [3.05, 3.63) is 81.7 Å². The molecule has 0 saturated carbocycles. The fraction of sp³-hybridized carbons (Fsp3) is 0.280. The largest absolute Gasteiger partial charge is 0.370 e. The molecule has 0 bridgehead atoms. The van der Waals surface area contributed by atoms with E-state index >= 15 is 0 Å². The summed E-state index contributed by atoms with van der Waals surface area (Å²) >= 11 is 0. The van der Waals surface area contributed by atoms with Gasteiger partial charge < -0.3 is 9.64 Å². The Morgan fingerprint density at radius 1 is 1.09 bits per heavy atom. The maximum Gasteiger partial charge on any atom is 0.261 e. The minimum absolute atomic E-state index is 0.0861. The fourth-order valence-electron chi connectivity index (χ4n) is 4.22. The monoisotopic (exact) mass is 463 g/mol. The van der Waals surface area contributed by atoms with E-state index in [4.69, 9.17) is 9.72 Å². The Hall–Kier alpha value is -3.72. The van der Waals surface area contributed by atoms with Gasteiger partial charge in [-0.25, -0.2) is 18.7 Å². The summed E-state index contributed by atoms with van der Waals surface area (Å²) in [6, 6.07) is 8.88. The molecular formula is C25H23F2N5O2. The molecule has 0 aliphatic carbocycles. The summed E-state index contributed by atoms with van der Waals surface area (Å²) in [5, 5.41) is 0.319. The van der Waals surface area contributed by atoms with Crippen LogP contribution < -0.4 is 10.5 Å². The van der Waals surface area contributed by atoms with Crippen LogP contribution in [-0.4, -0.2) is 39.2 Å². The zero-order valence-electron chi connectivity index (χ0n) is 19.0. The summed E-state index contributed by atoms with van der Waals surface area (Å²) in [5.41, 5.74) is 2.20. The zero-order valence-corrected chi connectivity index (χ0v) is 19.0. The van der Waals surface area contributed by atoms with Crippen LogP contribution >= 0.6 is 0 Å². The number of morpholine rings is 1. The molecule has 1 fully saturated rings. The lowest BCUT2D eigenvalue weighted by Crippen LogP contribution is -2.39. The Kier molecular flexibility index (Phi) is 5.57. The van der Waals surface area contributed by atoms with E-state index in [1.165, 1.54) is 16.7 Å². The van der Waals surface area contributed by atoms with Crippen LogP contribution in [0.25, 0.3) is 22.2 Å². The summed E-state index contributed by atoms with van der Waals surface area (Å²) in [5.74, 6) is -0.480. The second kappa shape index (κ2) is 8.57. The van der Waals surface area contributed by atoms with Gasteiger partial charge in [0.25, 0.3) is 5.56 Å². The quantitative estimate of drug-likeness (QED) is 0.459. The lowest BCUT2D eigenvalue weighted by molar-refractivity contribution is 0.0394. The first kappa shape index (κ1) is 22.1. The van der Waals surface area contributed by atoms with Gasteiger partial charge in [-0.05, 0) is 49.7 Å². The summed E-state index contributed by atoms with van der Waals surface area (Å²) in [6.45, 7) is 5.11. The Labute approximate surface area is 194 Å². The highest BCUT2D eigenvalue weighted by Gasteiger charge is 2.26. The lowest BCUT2D eigenvalue weighted by atomic mass is 10.1. The van der Waals surface area contributed by atoms with Crippen LogP contribution in [0, 0.1) is 25.5 Å². The van der Waals surface area contributed by atoms with Crippen LogP contribution in [0.15, 0.2) is 47.4 Å². The highest BCUT2D eigenvalue weighted by molar-refractivity contribution is 5.93. The average molecular weight is 463 g/mol. The van der Waals surface area contributed by atoms with E-state index in [0.29, 0.717) is 36.7 Å². The summed E-state index contributed by atoms with van der Waals surface area (Å²) in [4.78, 5) is 28.6. The van der Waals surface area contributed by atoms with Gasteiger partial charge in [-0.15, -0.1) is 0 Å². The Bertz CT molecular complexity index is 1470. The molecule has 174 valence electrons. The van der Waals surface area contributed by atoms with Crippen molar-refractivity contribution in [3.8, 4) is 11.3 Å². The van der Waals surface area contributed by atoms with E-state index in [9.17, 15) is 13.6 Å². The summed E-state index contributed by atoms with van der Waals surface area (Å²) in [7, 11) is 1.64. The molecule has 7 nitrogen and oxygen atoms in total. The fourth-order valence-corrected chi connectivity index (χ4v) is 4.22. The zero-order chi connectivity index (χ0) is 24.0. The van der Waals surface area contributed by atoms with Gasteiger partial charge in [0.05, 0.1) is 12.0 Å². The molecule has 9 heteroatoms. The number of anilines is 1. The number of halogens is 2. The Morgan fingerprint density at radius 3 is 2.68 bits per heavy atom. The SMILES string of the molecule is Cc1cc([C@H]2CN(c3cc4c(=O)n(C)c(C)nc4c(-c4ccc(F)cc4F)n3)CCO2)ccn1. The van der Waals surface area contributed by atoms with Gasteiger partial charge in [-0.2, -0.15) is 0 Å². The van der Waals surface area contributed by atoms with Gasteiger partial charge in [0, 0.05) is 43.7 Å². The maximum atomic E-state index is 14.8. The highest BCUT2D eigenvalue weighted by Crippen LogP contribution is 2.32. The van der Waals surface area contributed by atoms with Crippen molar-refractivity contribution in [3.63, 3.8) is 0 Å². The van der Waals surface area contributed by atoms with Crippen LogP contribution in [0.5, 0.6) is 0 Å². The highest BCUT2D eigenvalue weighted by atomic mass is 19.1. The first-order chi connectivity index (χ1) is 16.3. The number of pyridine rings is 2. The molecule has 4 aromatic rings. The number of nitrogens with zero attached hydrogens (tertiary/aromatic N) is 5. The summed E-state index contributed by atoms with van der Waals surface area (Å²) in [6.07, 6.45) is 1.53. The number of hydrogen-bond donors (Lipinski definition) is 0. The maximum absolute atomic E-state index is 14.8. The molecule has 0 amide bonds. The molecule has 0 N–H and O–H groups in total. The molecule has 1 aliphatic rings. The second-order valence-electron chi connectivity index (χ2n) is 8.41. The van der Waals surface area contributed by atoms with Crippen LogP contribution in [-0.2, 0) is 11.8 Å². The second-order valence-corrected chi connectivity index (χ2v) is 8.41. The van der Waals surface area contributed by atoms with E-state index in [1.807, 2.05) is 24.0 Å². The van der Waals surface area contributed by atoms with E-state index in [2.05, 4.69) is 9.97 Å². The van der Waals surface area contributed by atoms with Gasteiger partial charge >= 0.3 is 0 Å². The molecular weight excluding hydrogens is 440 g/mol. The number of rotatable bonds is 3. The van der Waals surface area contributed by atoms with Gasteiger partial charge in [0.2, 0.25) is 0 Å². The number of aryl methyl sites for hydroxylation is 2. The molecule has 1 saturated heterocycles. The van der Waals surface area contributed by atoms with E-state index in [0.717, 1.165) is 17.3 Å². The van der Waals surface area contributed by atoms with Crippen LogP contribution in [0.3, 0.4) is 0 Å². The van der Waals surface area contributed by atoms with E-state index < -0.39 is 11.6 Å². The molecule has 5 rings (SSSR count). The van der Waals surface area contributed by atoms with Crippen LogP contribution in [0.2, 0.25) is 0 Å². The van der Waals surface area contributed by atoms with Gasteiger partial charge in [-0.3, -0.25) is 14.3 Å². The van der Waals surface area contributed by atoms with E-state index in [-0.39, 0.29) is 28.4 Å². The number of benzene rings is 1. The molecule has 4 heterocycles. The molecule has 1 aromatic carbocycles. The smallest absolute Gasteiger partial charge is 0.261 e. The molecule has 0 radical (unpaired) electrons. The third-order valence-corrected chi connectivity index (χ3v) is 6.14. The lowest BCUT2D eigenvalue weighted by Gasteiger charge is -2.34. The third-order valence-electron chi connectivity index (χ3n) is 6.14. The average Bonchev–Trinajstić information content (AvgIpc) is 2.82. The first-order valence-corrected chi connectivity index (χ1v) is 10.9. The molecule has 1 aliphatic heterocycles. The number of ether oxygens (including phenoxy) is 1.